The first kappa shape index (κ1) is 6.59. The number of rotatable bonds is 0. The molecule has 0 aliphatic carbocycles. The molecule has 2 heteroatoms. The Morgan fingerprint density at radius 3 is 2.33 bits per heavy atom. The van der Waals surface area contributed by atoms with E-state index in [0.29, 0.717) is 5.92 Å². The van der Waals surface area contributed by atoms with Gasteiger partial charge in [0.15, 0.2) is 11.8 Å². The van der Waals surface area contributed by atoms with Crippen LogP contribution in [0.5, 0.6) is 0 Å². The highest BCUT2D eigenvalue weighted by atomic mass is 16.5. The monoisotopic (exact) mass is 127 g/mol. The molecule has 1 aliphatic rings. The zero-order valence-electron chi connectivity index (χ0n) is 6.22. The fourth-order valence-corrected chi connectivity index (χ4v) is 0.995. The van der Waals surface area contributed by atoms with Crippen LogP contribution < -0.4 is 0 Å². The minimum Gasteiger partial charge on any atom is -0.624 e. The summed E-state index contributed by atoms with van der Waals surface area (Å²) in [6.07, 6.45) is 2.65. The van der Waals surface area contributed by atoms with Gasteiger partial charge in [-0.15, -0.1) is 0 Å². The van der Waals surface area contributed by atoms with Gasteiger partial charge in [0.1, 0.15) is 0 Å². The quantitative estimate of drug-likeness (QED) is 0.356. The third-order valence-corrected chi connectivity index (χ3v) is 2.40. The summed E-state index contributed by atoms with van der Waals surface area (Å²) >= 11 is 0. The Balaban J connectivity index is 2.81. The number of hydrogen-bond acceptors (Lipinski definition) is 1. The largest absolute Gasteiger partial charge is 0.624 e. The molecule has 0 amide bonds. The summed E-state index contributed by atoms with van der Waals surface area (Å²) in [6, 6.07) is 0. The minimum absolute atomic E-state index is 0.167. The molecule has 1 aliphatic heterocycles. The van der Waals surface area contributed by atoms with Crippen molar-refractivity contribution in [2.45, 2.75) is 32.7 Å². The molecule has 0 aromatic carbocycles. The molecule has 0 spiro atoms. The smallest absolute Gasteiger partial charge is 0.170 e. The molecular formula is C7H13NO. The molecule has 0 aromatic heterocycles. The van der Waals surface area contributed by atoms with Gasteiger partial charge in [0.2, 0.25) is 0 Å². The van der Waals surface area contributed by atoms with E-state index in [0.717, 1.165) is 11.2 Å². The molecule has 0 fully saturated rings. The Kier molecular flexibility index (Phi) is 1.26. The molecule has 1 rings (SSSR count). The van der Waals surface area contributed by atoms with E-state index in [2.05, 4.69) is 6.92 Å². The maximum absolute atomic E-state index is 11.0. The van der Waals surface area contributed by atoms with E-state index in [9.17, 15) is 5.21 Å². The van der Waals surface area contributed by atoms with Gasteiger partial charge in [-0.05, 0) is 0 Å². The lowest BCUT2D eigenvalue weighted by atomic mass is 9.91. The van der Waals surface area contributed by atoms with Gasteiger partial charge in [-0.2, -0.15) is 0 Å². The molecule has 0 unspecified atom stereocenters. The summed E-state index contributed by atoms with van der Waals surface area (Å²) in [7, 11) is 0. The molecule has 2 nitrogen and oxygen atoms in total. The van der Waals surface area contributed by atoms with Crippen molar-refractivity contribution in [1.29, 1.82) is 0 Å². The van der Waals surface area contributed by atoms with Gasteiger partial charge in [-0.1, -0.05) is 6.92 Å². The first-order valence-corrected chi connectivity index (χ1v) is 3.35. The van der Waals surface area contributed by atoms with E-state index in [1.807, 2.05) is 13.8 Å². The van der Waals surface area contributed by atoms with Crippen molar-refractivity contribution in [3.63, 3.8) is 0 Å². The standard InChI is InChI=1S/C7H13NO/c1-6-4-5-8(9)7(6,2)3/h5-6H,4H2,1-3H3/t6-/m1/s1. The van der Waals surface area contributed by atoms with Crippen LogP contribution in [0.25, 0.3) is 0 Å². The normalized spacial score (nSPS) is 32.3. The van der Waals surface area contributed by atoms with Crippen molar-refractivity contribution >= 4 is 6.21 Å². The molecule has 1 heterocycles. The van der Waals surface area contributed by atoms with E-state index in [1.165, 1.54) is 0 Å². The highest BCUT2D eigenvalue weighted by Gasteiger charge is 2.38. The van der Waals surface area contributed by atoms with Gasteiger partial charge in [0, 0.05) is 26.2 Å². The molecular weight excluding hydrogens is 114 g/mol. The second kappa shape index (κ2) is 1.72. The summed E-state index contributed by atoms with van der Waals surface area (Å²) in [5.74, 6) is 0.495. The second-order valence-electron chi connectivity index (χ2n) is 3.30. The topological polar surface area (TPSA) is 26.1 Å². The van der Waals surface area contributed by atoms with Gasteiger partial charge >= 0.3 is 0 Å². The van der Waals surface area contributed by atoms with Crippen molar-refractivity contribution < 1.29 is 4.74 Å². The molecule has 0 aromatic rings. The zero-order chi connectivity index (χ0) is 7.07. The molecule has 0 saturated heterocycles. The summed E-state index contributed by atoms with van der Waals surface area (Å²) in [6.45, 7) is 6.07. The van der Waals surface area contributed by atoms with Crippen LogP contribution in [0.2, 0.25) is 0 Å². The van der Waals surface area contributed by atoms with E-state index >= 15 is 0 Å². The van der Waals surface area contributed by atoms with Gasteiger partial charge in [-0.25, -0.2) is 4.74 Å². The van der Waals surface area contributed by atoms with Crippen LogP contribution in [-0.2, 0) is 0 Å². The van der Waals surface area contributed by atoms with Crippen LogP contribution in [0.15, 0.2) is 0 Å². The SMILES string of the molecule is C[C@@H]1CC=[N+]([O-])C1(C)C. The van der Waals surface area contributed by atoms with Gasteiger partial charge in [-0.3, -0.25) is 0 Å². The van der Waals surface area contributed by atoms with Crippen molar-refractivity contribution in [3.05, 3.63) is 5.21 Å². The van der Waals surface area contributed by atoms with Crippen molar-refractivity contribution in [2.75, 3.05) is 0 Å². The molecule has 1 atom stereocenters. The summed E-state index contributed by atoms with van der Waals surface area (Å²) in [5, 5.41) is 11.0. The van der Waals surface area contributed by atoms with Crippen molar-refractivity contribution in [2.24, 2.45) is 5.92 Å². The van der Waals surface area contributed by atoms with Crippen molar-refractivity contribution in [3.8, 4) is 0 Å². The molecule has 0 N–H and O–H groups in total. The predicted molar refractivity (Wildman–Crippen MR) is 37.6 cm³/mol. The lowest BCUT2D eigenvalue weighted by molar-refractivity contribution is -0.535. The number of nitrogens with zero attached hydrogens (tertiary/aromatic N) is 1. The maximum Gasteiger partial charge on any atom is 0.170 e. The average molecular weight is 127 g/mol. The third-order valence-electron chi connectivity index (χ3n) is 2.40. The van der Waals surface area contributed by atoms with E-state index in [1.54, 1.807) is 6.21 Å². The van der Waals surface area contributed by atoms with Crippen LogP contribution in [0.4, 0.5) is 0 Å². The molecule has 0 radical (unpaired) electrons. The van der Waals surface area contributed by atoms with Crippen molar-refractivity contribution in [1.82, 2.24) is 0 Å². The van der Waals surface area contributed by atoms with Gasteiger partial charge in [0.25, 0.3) is 0 Å². The van der Waals surface area contributed by atoms with E-state index in [-0.39, 0.29) is 5.54 Å². The lowest BCUT2D eigenvalue weighted by Gasteiger charge is -2.22. The van der Waals surface area contributed by atoms with Crippen LogP contribution in [0.1, 0.15) is 27.2 Å². The lowest BCUT2D eigenvalue weighted by Crippen LogP contribution is -2.33. The predicted octanol–water partition coefficient (Wildman–Crippen LogP) is 1.39. The van der Waals surface area contributed by atoms with Crippen LogP contribution in [0.3, 0.4) is 0 Å². The Bertz CT molecular complexity index is 149. The first-order chi connectivity index (χ1) is 4.05. The Morgan fingerprint density at radius 1 is 1.67 bits per heavy atom. The number of hydroxylamine groups is 1. The first-order valence-electron chi connectivity index (χ1n) is 3.35. The average Bonchev–Trinajstić information content (AvgIpc) is 1.96. The highest BCUT2D eigenvalue weighted by Crippen LogP contribution is 2.26. The number of hydrogen-bond donors (Lipinski definition) is 0. The Labute approximate surface area is 55.8 Å². The fraction of sp³-hybridized carbons (Fsp3) is 0.857. The zero-order valence-corrected chi connectivity index (χ0v) is 6.22. The Morgan fingerprint density at radius 2 is 2.22 bits per heavy atom. The van der Waals surface area contributed by atoms with Gasteiger partial charge in [0.05, 0.1) is 0 Å². The van der Waals surface area contributed by atoms with Crippen LogP contribution in [-0.4, -0.2) is 16.5 Å². The summed E-state index contributed by atoms with van der Waals surface area (Å²) in [4.78, 5) is 0. The second-order valence-corrected chi connectivity index (χ2v) is 3.30. The fourth-order valence-electron chi connectivity index (χ4n) is 0.995. The van der Waals surface area contributed by atoms with Crippen LogP contribution in [0, 0.1) is 11.1 Å². The summed E-state index contributed by atoms with van der Waals surface area (Å²) in [5.41, 5.74) is -0.167. The maximum atomic E-state index is 11.0. The summed E-state index contributed by atoms with van der Waals surface area (Å²) < 4.78 is 1.07. The molecule has 0 saturated carbocycles. The molecule has 52 valence electrons. The minimum atomic E-state index is -0.167. The molecule has 9 heavy (non-hydrogen) atoms. The van der Waals surface area contributed by atoms with Gasteiger partial charge < -0.3 is 5.21 Å². The highest BCUT2D eigenvalue weighted by molar-refractivity contribution is 5.54. The molecule has 0 bridgehead atoms. The Hall–Kier alpha value is -0.530. The van der Waals surface area contributed by atoms with Crippen LogP contribution >= 0.6 is 0 Å². The third kappa shape index (κ3) is 0.824. The van der Waals surface area contributed by atoms with E-state index in [4.69, 9.17) is 0 Å². The van der Waals surface area contributed by atoms with E-state index < -0.39 is 0 Å².